The van der Waals surface area contributed by atoms with Crippen LogP contribution in [0.15, 0.2) is 23.1 Å². The first kappa shape index (κ1) is 18.2. The van der Waals surface area contributed by atoms with Crippen molar-refractivity contribution in [2.24, 2.45) is 0 Å². The number of nitrogens with zero attached hydrogens (tertiary/aromatic N) is 1. The van der Waals surface area contributed by atoms with Crippen LogP contribution in [-0.4, -0.2) is 45.7 Å². The Morgan fingerprint density at radius 1 is 1.17 bits per heavy atom. The molecular formula is C15H20F3NO3S. The Morgan fingerprint density at radius 2 is 1.83 bits per heavy atom. The van der Waals surface area contributed by atoms with Crippen molar-refractivity contribution >= 4 is 10.0 Å². The zero-order valence-electron chi connectivity index (χ0n) is 12.9. The van der Waals surface area contributed by atoms with Gasteiger partial charge in [0.15, 0.2) is 0 Å². The molecule has 0 unspecified atom stereocenters. The van der Waals surface area contributed by atoms with Gasteiger partial charge in [0.05, 0.1) is 11.5 Å². The molecule has 4 nitrogen and oxygen atoms in total. The molecule has 1 aromatic carbocycles. The van der Waals surface area contributed by atoms with Crippen LogP contribution in [0, 0.1) is 0 Å². The van der Waals surface area contributed by atoms with E-state index in [9.17, 15) is 21.6 Å². The predicted molar refractivity (Wildman–Crippen MR) is 79.8 cm³/mol. The summed E-state index contributed by atoms with van der Waals surface area (Å²) in [7, 11) is -2.89. The standard InChI is InChI=1S/C15H20F3NO3S/c1-22-9-8-19(11-15(16,17)18)23(20,21)14-7-6-12-4-2-3-5-13(12)10-14/h6-7,10H,2-5,8-9,11H2,1H3. The van der Waals surface area contributed by atoms with Gasteiger partial charge in [-0.3, -0.25) is 0 Å². The lowest BCUT2D eigenvalue weighted by Gasteiger charge is -2.24. The summed E-state index contributed by atoms with van der Waals surface area (Å²) < 4.78 is 68.4. The molecule has 2 rings (SSSR count). The van der Waals surface area contributed by atoms with E-state index >= 15 is 0 Å². The highest BCUT2D eigenvalue weighted by atomic mass is 32.2. The predicted octanol–water partition coefficient (Wildman–Crippen LogP) is 2.76. The van der Waals surface area contributed by atoms with Crippen LogP contribution in [-0.2, 0) is 27.6 Å². The van der Waals surface area contributed by atoms with Crippen molar-refractivity contribution in [1.82, 2.24) is 4.31 Å². The second-order valence-electron chi connectivity index (χ2n) is 5.58. The van der Waals surface area contributed by atoms with E-state index in [2.05, 4.69) is 0 Å². The smallest absolute Gasteiger partial charge is 0.383 e. The summed E-state index contributed by atoms with van der Waals surface area (Å²) in [5.74, 6) is 0. The Bertz CT molecular complexity index is 644. The number of fused-ring (bicyclic) bond motifs is 1. The largest absolute Gasteiger partial charge is 0.402 e. The van der Waals surface area contributed by atoms with E-state index < -0.39 is 22.7 Å². The van der Waals surface area contributed by atoms with Crippen molar-refractivity contribution in [2.45, 2.75) is 36.8 Å². The van der Waals surface area contributed by atoms with Crippen molar-refractivity contribution in [3.8, 4) is 0 Å². The molecular weight excluding hydrogens is 331 g/mol. The van der Waals surface area contributed by atoms with Gasteiger partial charge in [0.2, 0.25) is 10.0 Å². The van der Waals surface area contributed by atoms with Crippen LogP contribution in [0.2, 0.25) is 0 Å². The molecule has 0 bridgehead atoms. The van der Waals surface area contributed by atoms with Crippen LogP contribution < -0.4 is 0 Å². The topological polar surface area (TPSA) is 46.6 Å². The SMILES string of the molecule is COCCN(CC(F)(F)F)S(=O)(=O)c1ccc2c(c1)CCCC2. The van der Waals surface area contributed by atoms with Crippen LogP contribution in [0.1, 0.15) is 24.0 Å². The van der Waals surface area contributed by atoms with E-state index in [4.69, 9.17) is 4.74 Å². The Balaban J connectivity index is 2.32. The van der Waals surface area contributed by atoms with Crippen LogP contribution in [0.4, 0.5) is 13.2 Å². The van der Waals surface area contributed by atoms with Crippen molar-refractivity contribution in [2.75, 3.05) is 26.8 Å². The lowest BCUT2D eigenvalue weighted by atomic mass is 9.92. The monoisotopic (exact) mass is 351 g/mol. The summed E-state index contributed by atoms with van der Waals surface area (Å²) in [4.78, 5) is -0.0847. The van der Waals surface area contributed by atoms with Gasteiger partial charge in [-0.1, -0.05) is 6.07 Å². The Labute approximate surface area is 134 Å². The average molecular weight is 351 g/mol. The van der Waals surface area contributed by atoms with E-state index in [1.165, 1.54) is 19.2 Å². The minimum Gasteiger partial charge on any atom is -0.383 e. The number of hydrogen-bond acceptors (Lipinski definition) is 3. The zero-order chi connectivity index (χ0) is 17.1. The van der Waals surface area contributed by atoms with E-state index in [1.54, 1.807) is 6.07 Å². The molecule has 0 atom stereocenters. The fourth-order valence-electron chi connectivity index (χ4n) is 2.70. The van der Waals surface area contributed by atoms with E-state index in [0.29, 0.717) is 4.31 Å². The lowest BCUT2D eigenvalue weighted by molar-refractivity contribution is -0.136. The molecule has 1 aliphatic rings. The Morgan fingerprint density at radius 3 is 2.43 bits per heavy atom. The molecule has 0 saturated heterocycles. The number of sulfonamides is 1. The number of alkyl halides is 3. The zero-order valence-corrected chi connectivity index (χ0v) is 13.7. The molecule has 1 aliphatic carbocycles. The summed E-state index contributed by atoms with van der Waals surface area (Å²) in [5.41, 5.74) is 1.99. The highest BCUT2D eigenvalue weighted by Gasteiger charge is 2.37. The number of methoxy groups -OCH3 is 1. The van der Waals surface area contributed by atoms with Gasteiger partial charge in [-0.15, -0.1) is 0 Å². The summed E-state index contributed by atoms with van der Waals surface area (Å²) in [6, 6.07) is 4.62. The molecule has 130 valence electrons. The van der Waals surface area contributed by atoms with Gasteiger partial charge in [-0.05, 0) is 48.9 Å². The van der Waals surface area contributed by atoms with E-state index in [-0.39, 0.29) is 18.0 Å². The van der Waals surface area contributed by atoms with Crippen LogP contribution in [0.5, 0.6) is 0 Å². The first-order valence-corrected chi connectivity index (χ1v) is 8.86. The number of aryl methyl sites for hydroxylation is 2. The third-order valence-electron chi connectivity index (χ3n) is 3.86. The van der Waals surface area contributed by atoms with Crippen molar-refractivity contribution in [3.63, 3.8) is 0 Å². The number of hydrogen-bond donors (Lipinski definition) is 0. The van der Waals surface area contributed by atoms with Gasteiger partial charge in [0, 0.05) is 13.7 Å². The summed E-state index contributed by atoms with van der Waals surface area (Å²) in [6.07, 6.45) is -0.948. The number of ether oxygens (including phenoxy) is 1. The van der Waals surface area contributed by atoms with Gasteiger partial charge in [0.25, 0.3) is 0 Å². The number of benzene rings is 1. The second-order valence-corrected chi connectivity index (χ2v) is 7.52. The fraction of sp³-hybridized carbons (Fsp3) is 0.600. The first-order chi connectivity index (χ1) is 10.7. The minimum absolute atomic E-state index is 0.0847. The Hall–Kier alpha value is -1.12. The molecule has 0 spiro atoms. The molecule has 0 aliphatic heterocycles. The molecule has 0 aromatic heterocycles. The maximum atomic E-state index is 12.7. The molecule has 1 aromatic rings. The molecule has 0 saturated carbocycles. The molecule has 23 heavy (non-hydrogen) atoms. The molecule has 0 radical (unpaired) electrons. The summed E-state index contributed by atoms with van der Waals surface area (Å²) >= 11 is 0. The number of rotatable bonds is 6. The van der Waals surface area contributed by atoms with Crippen molar-refractivity contribution in [1.29, 1.82) is 0 Å². The third kappa shape index (κ3) is 4.68. The van der Waals surface area contributed by atoms with Crippen molar-refractivity contribution in [3.05, 3.63) is 29.3 Å². The number of halogens is 3. The van der Waals surface area contributed by atoms with E-state index in [1.807, 2.05) is 0 Å². The van der Waals surface area contributed by atoms with Crippen LogP contribution in [0.25, 0.3) is 0 Å². The Kier molecular flexibility index (Phi) is 5.70. The van der Waals surface area contributed by atoms with Crippen LogP contribution in [0.3, 0.4) is 0 Å². The quantitative estimate of drug-likeness (QED) is 0.792. The highest BCUT2D eigenvalue weighted by Crippen LogP contribution is 2.27. The van der Waals surface area contributed by atoms with Crippen LogP contribution >= 0.6 is 0 Å². The molecule has 0 fully saturated rings. The highest BCUT2D eigenvalue weighted by molar-refractivity contribution is 7.89. The normalized spacial score (nSPS) is 15.7. The molecule has 8 heteroatoms. The van der Waals surface area contributed by atoms with Gasteiger partial charge in [0.1, 0.15) is 6.54 Å². The summed E-state index contributed by atoms with van der Waals surface area (Å²) in [5, 5.41) is 0. The summed E-state index contributed by atoms with van der Waals surface area (Å²) in [6.45, 7) is -1.95. The first-order valence-electron chi connectivity index (χ1n) is 7.42. The second kappa shape index (κ2) is 7.19. The molecule has 0 N–H and O–H groups in total. The van der Waals surface area contributed by atoms with Gasteiger partial charge in [-0.25, -0.2) is 8.42 Å². The maximum Gasteiger partial charge on any atom is 0.402 e. The van der Waals surface area contributed by atoms with Gasteiger partial charge >= 0.3 is 6.18 Å². The minimum atomic E-state index is -4.60. The maximum absolute atomic E-state index is 12.7. The fourth-order valence-corrected chi connectivity index (χ4v) is 4.16. The molecule has 0 heterocycles. The van der Waals surface area contributed by atoms with Gasteiger partial charge in [-0.2, -0.15) is 17.5 Å². The third-order valence-corrected chi connectivity index (χ3v) is 5.70. The van der Waals surface area contributed by atoms with Crippen molar-refractivity contribution < 1.29 is 26.3 Å². The lowest BCUT2D eigenvalue weighted by Crippen LogP contribution is -2.40. The average Bonchev–Trinajstić information content (AvgIpc) is 2.49. The van der Waals surface area contributed by atoms with E-state index in [0.717, 1.165) is 36.8 Å². The molecule has 0 amide bonds. The van der Waals surface area contributed by atoms with Gasteiger partial charge < -0.3 is 4.74 Å².